The van der Waals surface area contributed by atoms with Gasteiger partial charge in [-0.2, -0.15) is 11.8 Å². The fourth-order valence-corrected chi connectivity index (χ4v) is 2.41. The summed E-state index contributed by atoms with van der Waals surface area (Å²) >= 11 is 1.50. The second-order valence-corrected chi connectivity index (χ2v) is 5.73. The molecule has 0 aliphatic rings. The Labute approximate surface area is 123 Å². The molecule has 0 fully saturated rings. The summed E-state index contributed by atoms with van der Waals surface area (Å²) in [6.45, 7) is 3.88. The van der Waals surface area contributed by atoms with Crippen molar-refractivity contribution in [3.63, 3.8) is 0 Å². The summed E-state index contributed by atoms with van der Waals surface area (Å²) in [4.78, 5) is 11.7. The minimum absolute atomic E-state index is 0.0137. The highest BCUT2D eigenvalue weighted by Gasteiger charge is 2.16. The summed E-state index contributed by atoms with van der Waals surface area (Å²) in [5.41, 5.74) is 1.40. The van der Waals surface area contributed by atoms with E-state index in [-0.39, 0.29) is 29.7 Å². The van der Waals surface area contributed by atoms with Crippen molar-refractivity contribution in [2.45, 2.75) is 31.7 Å². The van der Waals surface area contributed by atoms with Crippen molar-refractivity contribution >= 4 is 17.8 Å². The van der Waals surface area contributed by atoms with Gasteiger partial charge in [0.25, 0.3) is 0 Å². The van der Waals surface area contributed by atoms with Gasteiger partial charge in [-0.05, 0) is 37.3 Å². The minimum atomic E-state index is -0.299. The van der Waals surface area contributed by atoms with Gasteiger partial charge in [0.05, 0.1) is 6.61 Å². The number of thioether (sulfide) groups is 1. The lowest BCUT2D eigenvalue weighted by molar-refractivity contribution is 0.232. The van der Waals surface area contributed by atoms with Gasteiger partial charge in [-0.1, -0.05) is 12.1 Å². The topological polar surface area (TPSA) is 61.4 Å². The SMILES string of the molecule is CSC(CO)C(C)NC(=O)NCc1ccc(F)c(C)c1. The van der Waals surface area contributed by atoms with Gasteiger partial charge in [-0.25, -0.2) is 9.18 Å². The molecule has 2 amide bonds. The zero-order valence-electron chi connectivity index (χ0n) is 11.9. The number of urea groups is 1. The molecule has 1 rings (SSSR count). The second-order valence-electron chi connectivity index (χ2n) is 4.66. The Morgan fingerprint density at radius 1 is 1.50 bits per heavy atom. The van der Waals surface area contributed by atoms with Crippen LogP contribution < -0.4 is 10.6 Å². The van der Waals surface area contributed by atoms with Gasteiger partial charge in [-0.3, -0.25) is 0 Å². The van der Waals surface area contributed by atoms with Crippen molar-refractivity contribution in [2.75, 3.05) is 12.9 Å². The number of hydrogen-bond donors (Lipinski definition) is 3. The minimum Gasteiger partial charge on any atom is -0.395 e. The van der Waals surface area contributed by atoms with Crippen molar-refractivity contribution < 1.29 is 14.3 Å². The predicted molar refractivity (Wildman–Crippen MR) is 80.4 cm³/mol. The molecule has 0 aliphatic heterocycles. The molecule has 1 aromatic carbocycles. The van der Waals surface area contributed by atoms with E-state index in [2.05, 4.69) is 10.6 Å². The van der Waals surface area contributed by atoms with Crippen LogP contribution in [0.4, 0.5) is 9.18 Å². The van der Waals surface area contributed by atoms with Gasteiger partial charge in [0.15, 0.2) is 0 Å². The Kier molecular flexibility index (Phi) is 6.81. The van der Waals surface area contributed by atoms with E-state index in [9.17, 15) is 9.18 Å². The van der Waals surface area contributed by atoms with Crippen LogP contribution in [-0.2, 0) is 6.54 Å². The molecular formula is C14H21FN2O2S. The number of aryl methyl sites for hydroxylation is 1. The molecule has 0 saturated heterocycles. The largest absolute Gasteiger partial charge is 0.395 e. The van der Waals surface area contributed by atoms with Crippen LogP contribution in [-0.4, -0.2) is 35.3 Å². The van der Waals surface area contributed by atoms with Gasteiger partial charge in [-0.15, -0.1) is 0 Å². The smallest absolute Gasteiger partial charge is 0.315 e. The van der Waals surface area contributed by atoms with Gasteiger partial charge >= 0.3 is 6.03 Å². The molecule has 0 radical (unpaired) electrons. The summed E-state index contributed by atoms with van der Waals surface area (Å²) in [5.74, 6) is -0.252. The number of aliphatic hydroxyl groups excluding tert-OH is 1. The third-order valence-corrected chi connectivity index (χ3v) is 4.24. The zero-order chi connectivity index (χ0) is 15.1. The Hall–Kier alpha value is -1.27. The fraction of sp³-hybridized carbons (Fsp3) is 0.500. The maximum Gasteiger partial charge on any atom is 0.315 e. The predicted octanol–water partition coefficient (Wildman–Crippen LogP) is 2.05. The first-order valence-electron chi connectivity index (χ1n) is 6.41. The number of carbonyl (C=O) groups excluding carboxylic acids is 1. The fourth-order valence-electron chi connectivity index (χ4n) is 1.79. The van der Waals surface area contributed by atoms with Crippen molar-refractivity contribution in [2.24, 2.45) is 0 Å². The van der Waals surface area contributed by atoms with Crippen LogP contribution in [0.15, 0.2) is 18.2 Å². The molecule has 4 nitrogen and oxygen atoms in total. The summed E-state index contributed by atoms with van der Waals surface area (Å²) < 4.78 is 13.1. The highest BCUT2D eigenvalue weighted by Crippen LogP contribution is 2.10. The maximum absolute atomic E-state index is 13.1. The molecule has 0 spiro atoms. The van der Waals surface area contributed by atoms with Crippen LogP contribution in [0.1, 0.15) is 18.1 Å². The number of hydrogen-bond acceptors (Lipinski definition) is 3. The van der Waals surface area contributed by atoms with E-state index in [0.717, 1.165) is 5.56 Å². The number of benzene rings is 1. The summed E-state index contributed by atoms with van der Waals surface area (Å²) in [6, 6.07) is 4.31. The van der Waals surface area contributed by atoms with Crippen LogP contribution in [0.3, 0.4) is 0 Å². The quantitative estimate of drug-likeness (QED) is 0.753. The van der Waals surface area contributed by atoms with Crippen LogP contribution in [0.5, 0.6) is 0 Å². The molecular weight excluding hydrogens is 279 g/mol. The molecule has 3 N–H and O–H groups in total. The van der Waals surface area contributed by atoms with Crippen molar-refractivity contribution in [3.05, 3.63) is 35.1 Å². The summed E-state index contributed by atoms with van der Waals surface area (Å²) in [7, 11) is 0. The Balaban J connectivity index is 2.45. The number of carbonyl (C=O) groups is 1. The van der Waals surface area contributed by atoms with Crippen LogP contribution >= 0.6 is 11.8 Å². The average molecular weight is 300 g/mol. The Bertz CT molecular complexity index is 453. The lowest BCUT2D eigenvalue weighted by Gasteiger charge is -2.21. The lowest BCUT2D eigenvalue weighted by Crippen LogP contribution is -2.45. The zero-order valence-corrected chi connectivity index (χ0v) is 12.8. The maximum atomic E-state index is 13.1. The van der Waals surface area contributed by atoms with Crippen LogP contribution in [0.25, 0.3) is 0 Å². The Morgan fingerprint density at radius 2 is 2.20 bits per heavy atom. The monoisotopic (exact) mass is 300 g/mol. The molecule has 2 atom stereocenters. The van der Waals surface area contributed by atoms with E-state index in [0.29, 0.717) is 12.1 Å². The highest BCUT2D eigenvalue weighted by atomic mass is 32.2. The molecule has 0 bridgehead atoms. The van der Waals surface area contributed by atoms with E-state index in [1.54, 1.807) is 19.1 Å². The number of aliphatic hydroxyl groups is 1. The molecule has 0 aliphatic carbocycles. The van der Waals surface area contributed by atoms with Crippen molar-refractivity contribution in [1.82, 2.24) is 10.6 Å². The third kappa shape index (κ3) is 5.02. The van der Waals surface area contributed by atoms with Crippen LogP contribution in [0.2, 0.25) is 0 Å². The van der Waals surface area contributed by atoms with Gasteiger partial charge in [0, 0.05) is 17.8 Å². The average Bonchev–Trinajstić information content (AvgIpc) is 2.41. The highest BCUT2D eigenvalue weighted by molar-refractivity contribution is 7.99. The van der Waals surface area contributed by atoms with E-state index < -0.39 is 0 Å². The number of halogens is 1. The van der Waals surface area contributed by atoms with Gasteiger partial charge < -0.3 is 15.7 Å². The second kappa shape index (κ2) is 8.11. The van der Waals surface area contributed by atoms with Gasteiger partial charge in [0.1, 0.15) is 5.82 Å². The standard InChI is InChI=1S/C14H21FN2O2S/c1-9-6-11(4-5-12(9)15)7-16-14(19)17-10(2)13(8-18)20-3/h4-6,10,13,18H,7-8H2,1-3H3,(H2,16,17,19). The van der Waals surface area contributed by atoms with Crippen molar-refractivity contribution in [1.29, 1.82) is 0 Å². The molecule has 0 saturated carbocycles. The van der Waals surface area contributed by atoms with Crippen molar-refractivity contribution in [3.8, 4) is 0 Å². The number of rotatable bonds is 6. The summed E-state index contributed by atoms with van der Waals surface area (Å²) in [6.07, 6.45) is 1.89. The summed E-state index contributed by atoms with van der Waals surface area (Å²) in [5, 5.41) is 14.6. The van der Waals surface area contributed by atoms with E-state index in [1.165, 1.54) is 17.8 Å². The van der Waals surface area contributed by atoms with Crippen LogP contribution in [0, 0.1) is 12.7 Å². The normalized spacial score (nSPS) is 13.7. The molecule has 2 unspecified atom stereocenters. The molecule has 112 valence electrons. The molecule has 20 heavy (non-hydrogen) atoms. The van der Waals surface area contributed by atoms with Gasteiger partial charge in [0.2, 0.25) is 0 Å². The first kappa shape index (κ1) is 16.8. The molecule has 0 heterocycles. The number of nitrogens with one attached hydrogen (secondary N) is 2. The van der Waals surface area contributed by atoms with E-state index in [4.69, 9.17) is 5.11 Å². The lowest BCUT2D eigenvalue weighted by atomic mass is 10.1. The first-order chi connectivity index (χ1) is 9.47. The van der Waals surface area contributed by atoms with E-state index in [1.807, 2.05) is 13.2 Å². The molecule has 0 aromatic heterocycles. The number of amides is 2. The molecule has 6 heteroatoms. The Morgan fingerprint density at radius 3 is 2.75 bits per heavy atom. The third-order valence-electron chi connectivity index (χ3n) is 3.07. The first-order valence-corrected chi connectivity index (χ1v) is 7.69. The molecule has 1 aromatic rings. The van der Waals surface area contributed by atoms with E-state index >= 15 is 0 Å².